The second kappa shape index (κ2) is 5.51. The molecule has 2 aromatic rings. The van der Waals surface area contributed by atoms with Crippen LogP contribution < -0.4 is 0 Å². The Morgan fingerprint density at radius 1 is 1.14 bits per heavy atom. The molecule has 0 radical (unpaired) electrons. The van der Waals surface area contributed by atoms with E-state index in [2.05, 4.69) is 4.98 Å². The minimum absolute atomic E-state index is 0.334. The van der Waals surface area contributed by atoms with Gasteiger partial charge in [-0.3, -0.25) is 0 Å². The van der Waals surface area contributed by atoms with Crippen molar-refractivity contribution in [3.8, 4) is 0 Å². The lowest BCUT2D eigenvalue weighted by Crippen LogP contribution is -2.35. The quantitative estimate of drug-likeness (QED) is 0.862. The lowest BCUT2D eigenvalue weighted by molar-refractivity contribution is 0.346. The smallest absolute Gasteiger partial charge is 0.243 e. The van der Waals surface area contributed by atoms with Gasteiger partial charge in [0, 0.05) is 34.2 Å². The molecule has 1 aromatic heterocycles. The molecule has 0 bridgehead atoms. The number of H-pyrrole nitrogens is 1. The van der Waals surface area contributed by atoms with E-state index < -0.39 is 10.0 Å². The molecule has 1 aliphatic heterocycles. The molecule has 0 amide bonds. The summed E-state index contributed by atoms with van der Waals surface area (Å²) in [7, 11) is -3.41. The van der Waals surface area contributed by atoms with E-state index in [-0.39, 0.29) is 0 Å². The molecule has 112 valence electrons. The van der Waals surface area contributed by atoms with E-state index in [4.69, 9.17) is 12.2 Å². The Balaban J connectivity index is 2.10. The van der Waals surface area contributed by atoms with Gasteiger partial charge in [-0.2, -0.15) is 4.31 Å². The van der Waals surface area contributed by atoms with Crippen molar-refractivity contribution in [3.63, 3.8) is 0 Å². The molecule has 3 rings (SSSR count). The van der Waals surface area contributed by atoms with Crippen LogP contribution in [0, 0.1) is 11.4 Å². The first-order valence-electron chi connectivity index (χ1n) is 7.12. The van der Waals surface area contributed by atoms with Crippen LogP contribution in [0.15, 0.2) is 29.2 Å². The highest BCUT2D eigenvalue weighted by molar-refractivity contribution is 7.89. The number of hydrogen-bond donors (Lipinski definition) is 1. The van der Waals surface area contributed by atoms with Gasteiger partial charge in [0.1, 0.15) is 0 Å². The Kier molecular flexibility index (Phi) is 3.86. The second-order valence-corrected chi connectivity index (χ2v) is 7.87. The summed E-state index contributed by atoms with van der Waals surface area (Å²) in [6, 6.07) is 7.01. The average molecular weight is 322 g/mol. The van der Waals surface area contributed by atoms with E-state index in [0.717, 1.165) is 35.9 Å². The standard InChI is InChI=1S/C15H18N2O2S2/c1-11-9-15(20)13-10-12(5-6-14(13)16-11)21(18,19)17-7-3-2-4-8-17/h5-6,9-10H,2-4,7-8H2,1H3,(H,16,20). The summed E-state index contributed by atoms with van der Waals surface area (Å²) in [4.78, 5) is 3.55. The molecule has 0 spiro atoms. The molecule has 0 unspecified atom stereocenters. The van der Waals surface area contributed by atoms with E-state index in [9.17, 15) is 8.42 Å². The number of pyridine rings is 1. The molecule has 0 atom stereocenters. The Labute approximate surface area is 129 Å². The summed E-state index contributed by atoms with van der Waals surface area (Å²) in [5.74, 6) is 0. The highest BCUT2D eigenvalue weighted by Crippen LogP contribution is 2.24. The number of fused-ring (bicyclic) bond motifs is 1. The fourth-order valence-electron chi connectivity index (χ4n) is 2.77. The zero-order valence-electron chi connectivity index (χ0n) is 11.9. The number of benzene rings is 1. The van der Waals surface area contributed by atoms with E-state index in [1.165, 1.54) is 0 Å². The van der Waals surface area contributed by atoms with Crippen LogP contribution in [-0.4, -0.2) is 30.8 Å². The van der Waals surface area contributed by atoms with Crippen LogP contribution in [0.2, 0.25) is 0 Å². The lowest BCUT2D eigenvalue weighted by Gasteiger charge is -2.26. The third-order valence-corrected chi connectivity index (χ3v) is 6.12. The second-order valence-electron chi connectivity index (χ2n) is 5.49. The first kappa shape index (κ1) is 14.7. The number of hydrogen-bond acceptors (Lipinski definition) is 3. The van der Waals surface area contributed by atoms with Crippen molar-refractivity contribution in [1.29, 1.82) is 0 Å². The molecule has 0 aliphatic carbocycles. The minimum atomic E-state index is -3.41. The molecular weight excluding hydrogens is 304 g/mol. The van der Waals surface area contributed by atoms with Crippen molar-refractivity contribution >= 4 is 33.1 Å². The number of aromatic nitrogens is 1. The Morgan fingerprint density at radius 3 is 2.57 bits per heavy atom. The van der Waals surface area contributed by atoms with Gasteiger partial charge in [-0.25, -0.2) is 8.42 Å². The van der Waals surface area contributed by atoms with Crippen molar-refractivity contribution in [2.45, 2.75) is 31.1 Å². The van der Waals surface area contributed by atoms with E-state index >= 15 is 0 Å². The molecule has 1 N–H and O–H groups in total. The highest BCUT2D eigenvalue weighted by atomic mass is 32.2. The number of sulfonamides is 1. The number of nitrogens with one attached hydrogen (secondary N) is 1. The average Bonchev–Trinajstić information content (AvgIpc) is 2.47. The summed E-state index contributed by atoms with van der Waals surface area (Å²) >= 11 is 5.35. The van der Waals surface area contributed by atoms with Gasteiger partial charge in [0.05, 0.1) is 4.90 Å². The van der Waals surface area contributed by atoms with Gasteiger partial charge in [-0.05, 0) is 44.0 Å². The van der Waals surface area contributed by atoms with E-state index in [1.807, 2.05) is 13.0 Å². The molecule has 1 aliphatic rings. The van der Waals surface area contributed by atoms with Crippen LogP contribution in [0.3, 0.4) is 0 Å². The van der Waals surface area contributed by atoms with Gasteiger partial charge < -0.3 is 4.98 Å². The maximum absolute atomic E-state index is 12.7. The van der Waals surface area contributed by atoms with Crippen molar-refractivity contribution in [2.75, 3.05) is 13.1 Å². The molecule has 0 saturated carbocycles. The summed E-state index contributed by atoms with van der Waals surface area (Å²) in [6.07, 6.45) is 2.98. The fourth-order valence-corrected chi connectivity index (χ4v) is 4.66. The Morgan fingerprint density at radius 2 is 1.86 bits per heavy atom. The third kappa shape index (κ3) is 2.75. The molecule has 2 heterocycles. The van der Waals surface area contributed by atoms with Gasteiger partial charge in [0.25, 0.3) is 0 Å². The van der Waals surface area contributed by atoms with Crippen molar-refractivity contribution in [2.24, 2.45) is 0 Å². The van der Waals surface area contributed by atoms with Crippen molar-refractivity contribution < 1.29 is 8.42 Å². The van der Waals surface area contributed by atoms with Crippen molar-refractivity contribution in [3.05, 3.63) is 34.5 Å². The molecule has 6 heteroatoms. The number of piperidine rings is 1. The minimum Gasteiger partial charge on any atom is -0.359 e. The lowest BCUT2D eigenvalue weighted by atomic mass is 10.2. The zero-order chi connectivity index (χ0) is 15.0. The van der Waals surface area contributed by atoms with Gasteiger partial charge in [0.15, 0.2) is 0 Å². The molecule has 1 saturated heterocycles. The van der Waals surface area contributed by atoms with Gasteiger partial charge in [0.2, 0.25) is 10.0 Å². The summed E-state index contributed by atoms with van der Waals surface area (Å²) in [6.45, 7) is 3.16. The monoisotopic (exact) mass is 322 g/mol. The first-order valence-corrected chi connectivity index (χ1v) is 8.97. The highest BCUT2D eigenvalue weighted by Gasteiger charge is 2.26. The molecule has 1 aromatic carbocycles. The van der Waals surface area contributed by atoms with Gasteiger partial charge in [-0.15, -0.1) is 0 Å². The van der Waals surface area contributed by atoms with Crippen LogP contribution in [-0.2, 0) is 10.0 Å². The maximum atomic E-state index is 12.7. The summed E-state index contributed by atoms with van der Waals surface area (Å²) in [5.41, 5.74) is 1.84. The molecular formula is C15H18N2O2S2. The largest absolute Gasteiger partial charge is 0.359 e. The number of aryl methyl sites for hydroxylation is 1. The SMILES string of the molecule is Cc1cc(=S)c2cc(S(=O)(=O)N3CCCCC3)ccc2[nH]1. The van der Waals surface area contributed by atoms with Crippen LogP contribution in [0.1, 0.15) is 25.0 Å². The first-order chi connectivity index (χ1) is 9.98. The zero-order valence-corrected chi connectivity index (χ0v) is 13.6. The van der Waals surface area contributed by atoms with Gasteiger partial charge in [-0.1, -0.05) is 18.6 Å². The van der Waals surface area contributed by atoms with E-state index in [1.54, 1.807) is 22.5 Å². The number of nitrogens with zero attached hydrogens (tertiary/aromatic N) is 1. The Hall–Kier alpha value is -1.24. The number of aromatic amines is 1. The van der Waals surface area contributed by atoms with Gasteiger partial charge >= 0.3 is 0 Å². The molecule has 21 heavy (non-hydrogen) atoms. The fraction of sp³-hybridized carbons (Fsp3) is 0.400. The van der Waals surface area contributed by atoms with Crippen LogP contribution in [0.5, 0.6) is 0 Å². The topological polar surface area (TPSA) is 53.2 Å². The molecule has 1 fully saturated rings. The van der Waals surface area contributed by atoms with Crippen molar-refractivity contribution in [1.82, 2.24) is 9.29 Å². The van der Waals surface area contributed by atoms with Crippen LogP contribution >= 0.6 is 12.2 Å². The normalized spacial score (nSPS) is 17.2. The maximum Gasteiger partial charge on any atom is 0.243 e. The predicted molar refractivity (Wildman–Crippen MR) is 86.5 cm³/mol. The van der Waals surface area contributed by atoms with Crippen LogP contribution in [0.4, 0.5) is 0 Å². The van der Waals surface area contributed by atoms with E-state index in [0.29, 0.717) is 22.5 Å². The summed E-state index contributed by atoms with van der Waals surface area (Å²) in [5, 5.41) is 0.786. The predicted octanol–water partition coefficient (Wildman–Crippen LogP) is 3.38. The summed E-state index contributed by atoms with van der Waals surface area (Å²) < 4.78 is 27.6. The number of rotatable bonds is 2. The van der Waals surface area contributed by atoms with Crippen LogP contribution in [0.25, 0.3) is 10.9 Å². The Bertz CT molecular complexity index is 834. The third-order valence-electron chi connectivity index (χ3n) is 3.89. The molecule has 4 nitrogen and oxygen atoms in total.